The highest BCUT2D eigenvalue weighted by atomic mass is 127. The van der Waals surface area contributed by atoms with E-state index in [9.17, 15) is 19.5 Å². The van der Waals surface area contributed by atoms with Gasteiger partial charge >= 0.3 is 0 Å². The SMILES string of the molecule is CC1CCN(C(=O)CN2C(=O)S/C(=C/c3cc(I)c(O)c(I)c3)C2=O)CC1. The highest BCUT2D eigenvalue weighted by Gasteiger charge is 2.37. The Balaban J connectivity index is 1.72. The van der Waals surface area contributed by atoms with Crippen molar-refractivity contribution in [3.63, 3.8) is 0 Å². The van der Waals surface area contributed by atoms with Gasteiger partial charge in [0.25, 0.3) is 11.1 Å². The Bertz CT molecular complexity index is 812. The van der Waals surface area contributed by atoms with Crippen LogP contribution in [0, 0.1) is 13.1 Å². The third kappa shape index (κ3) is 4.78. The minimum atomic E-state index is -0.443. The molecule has 0 radical (unpaired) electrons. The number of hydrogen-bond donors (Lipinski definition) is 1. The molecule has 3 rings (SSSR count). The summed E-state index contributed by atoms with van der Waals surface area (Å²) in [6, 6.07) is 3.48. The van der Waals surface area contributed by atoms with Crippen molar-refractivity contribution in [2.75, 3.05) is 19.6 Å². The van der Waals surface area contributed by atoms with Crippen LogP contribution in [0.5, 0.6) is 5.75 Å². The van der Waals surface area contributed by atoms with Gasteiger partial charge in [0.1, 0.15) is 12.3 Å². The number of rotatable bonds is 3. The molecule has 2 aliphatic heterocycles. The molecule has 0 unspecified atom stereocenters. The predicted octanol–water partition coefficient (Wildman–Crippen LogP) is 3.90. The molecule has 6 nitrogen and oxygen atoms in total. The van der Waals surface area contributed by atoms with E-state index in [2.05, 4.69) is 6.92 Å². The second-order valence-corrected chi connectivity index (χ2v) is 9.98. The van der Waals surface area contributed by atoms with Crippen molar-refractivity contribution in [3.05, 3.63) is 29.7 Å². The van der Waals surface area contributed by atoms with Gasteiger partial charge in [-0.25, -0.2) is 0 Å². The third-order valence-corrected chi connectivity index (χ3v) is 7.19. The Hall–Kier alpha value is -0.820. The van der Waals surface area contributed by atoms with E-state index in [0.717, 1.165) is 35.1 Å². The van der Waals surface area contributed by atoms with Crippen LogP contribution in [0.2, 0.25) is 0 Å². The minimum absolute atomic E-state index is 0.181. The maximum Gasteiger partial charge on any atom is 0.294 e. The minimum Gasteiger partial charge on any atom is -0.506 e. The number of amides is 3. The molecule has 2 aliphatic rings. The number of likely N-dealkylation sites (tertiary alicyclic amines) is 1. The number of halogens is 2. The number of benzene rings is 1. The van der Waals surface area contributed by atoms with Crippen LogP contribution in [-0.2, 0) is 9.59 Å². The van der Waals surface area contributed by atoms with Crippen molar-refractivity contribution >= 4 is 80.1 Å². The second kappa shape index (κ2) is 8.68. The zero-order valence-corrected chi connectivity index (χ0v) is 19.7. The quantitative estimate of drug-likeness (QED) is 0.415. The predicted molar refractivity (Wildman–Crippen MR) is 121 cm³/mol. The van der Waals surface area contributed by atoms with Crippen molar-refractivity contribution in [1.29, 1.82) is 0 Å². The molecule has 2 saturated heterocycles. The fraction of sp³-hybridized carbons (Fsp3) is 0.389. The molecule has 0 saturated carbocycles. The van der Waals surface area contributed by atoms with Crippen LogP contribution >= 0.6 is 56.9 Å². The molecular formula is C18H18I2N2O4S. The Morgan fingerprint density at radius 3 is 2.44 bits per heavy atom. The van der Waals surface area contributed by atoms with E-state index in [1.165, 1.54) is 0 Å². The largest absolute Gasteiger partial charge is 0.506 e. The summed E-state index contributed by atoms with van der Waals surface area (Å²) in [6.07, 6.45) is 3.53. The van der Waals surface area contributed by atoms with Crippen molar-refractivity contribution in [3.8, 4) is 5.75 Å². The highest BCUT2D eigenvalue weighted by molar-refractivity contribution is 14.1. The van der Waals surface area contributed by atoms with Crippen molar-refractivity contribution < 1.29 is 19.5 Å². The van der Waals surface area contributed by atoms with Gasteiger partial charge in [-0.15, -0.1) is 0 Å². The number of nitrogens with zero attached hydrogens (tertiary/aromatic N) is 2. The summed E-state index contributed by atoms with van der Waals surface area (Å²) in [6.45, 7) is 3.31. The number of hydrogen-bond acceptors (Lipinski definition) is 5. The number of aromatic hydroxyl groups is 1. The summed E-state index contributed by atoms with van der Waals surface area (Å²) < 4.78 is 1.33. The van der Waals surface area contributed by atoms with Crippen LogP contribution < -0.4 is 0 Å². The van der Waals surface area contributed by atoms with Crippen LogP contribution in [0.4, 0.5) is 4.79 Å². The molecule has 0 bridgehead atoms. The number of phenolic OH excluding ortho intramolecular Hbond substituents is 1. The zero-order chi connectivity index (χ0) is 19.7. The van der Waals surface area contributed by atoms with E-state index < -0.39 is 11.1 Å². The maximum atomic E-state index is 12.6. The number of carbonyl (C=O) groups excluding carboxylic acids is 3. The maximum absolute atomic E-state index is 12.6. The smallest absolute Gasteiger partial charge is 0.294 e. The van der Waals surface area contributed by atoms with Gasteiger partial charge in [0.15, 0.2) is 0 Å². The molecular weight excluding hydrogens is 594 g/mol. The summed E-state index contributed by atoms with van der Waals surface area (Å²) in [5.74, 6) is 0.175. The molecule has 0 spiro atoms. The van der Waals surface area contributed by atoms with Gasteiger partial charge in [0.05, 0.1) is 12.0 Å². The number of phenols is 1. The Labute approximate surface area is 189 Å². The van der Waals surface area contributed by atoms with Gasteiger partial charge in [0, 0.05) is 13.1 Å². The molecule has 144 valence electrons. The lowest BCUT2D eigenvalue weighted by Crippen LogP contribution is -2.45. The number of carbonyl (C=O) groups is 3. The summed E-state index contributed by atoms with van der Waals surface area (Å²) in [7, 11) is 0. The normalized spacial score (nSPS) is 20.0. The lowest BCUT2D eigenvalue weighted by molar-refractivity contribution is -0.136. The molecule has 1 aromatic carbocycles. The average Bonchev–Trinajstić information content (AvgIpc) is 2.87. The van der Waals surface area contributed by atoms with Gasteiger partial charge in [-0.2, -0.15) is 0 Å². The monoisotopic (exact) mass is 612 g/mol. The van der Waals surface area contributed by atoms with E-state index in [4.69, 9.17) is 0 Å². The summed E-state index contributed by atoms with van der Waals surface area (Å²) in [4.78, 5) is 40.4. The van der Waals surface area contributed by atoms with Crippen molar-refractivity contribution in [2.45, 2.75) is 19.8 Å². The van der Waals surface area contributed by atoms with Gasteiger partial charge in [-0.05, 0) is 99.5 Å². The summed E-state index contributed by atoms with van der Waals surface area (Å²) in [5, 5.41) is 9.43. The lowest BCUT2D eigenvalue weighted by Gasteiger charge is -2.31. The molecule has 0 aliphatic carbocycles. The first-order valence-corrected chi connectivity index (χ1v) is 11.4. The molecule has 0 atom stereocenters. The molecule has 1 N–H and O–H groups in total. The fourth-order valence-electron chi connectivity index (χ4n) is 2.95. The Kier molecular flexibility index (Phi) is 6.72. The van der Waals surface area contributed by atoms with E-state index in [-0.39, 0.29) is 23.1 Å². The van der Waals surface area contributed by atoms with E-state index in [1.807, 2.05) is 45.2 Å². The van der Waals surface area contributed by atoms with Gasteiger partial charge in [-0.3, -0.25) is 19.3 Å². The fourth-order valence-corrected chi connectivity index (χ4v) is 5.60. The topological polar surface area (TPSA) is 77.9 Å². The van der Waals surface area contributed by atoms with E-state index in [0.29, 0.717) is 26.1 Å². The van der Waals surface area contributed by atoms with Gasteiger partial charge < -0.3 is 10.0 Å². The van der Waals surface area contributed by atoms with Crippen LogP contribution in [-0.4, -0.2) is 51.6 Å². The highest BCUT2D eigenvalue weighted by Crippen LogP contribution is 2.34. The van der Waals surface area contributed by atoms with Crippen LogP contribution in [0.3, 0.4) is 0 Å². The molecule has 27 heavy (non-hydrogen) atoms. The number of thioether (sulfide) groups is 1. The molecule has 9 heteroatoms. The van der Waals surface area contributed by atoms with Crippen LogP contribution in [0.1, 0.15) is 25.3 Å². The van der Waals surface area contributed by atoms with E-state index >= 15 is 0 Å². The van der Waals surface area contributed by atoms with Gasteiger partial charge in [-0.1, -0.05) is 6.92 Å². The molecule has 2 fully saturated rings. The molecule has 1 aromatic rings. The van der Waals surface area contributed by atoms with Gasteiger partial charge in [0.2, 0.25) is 5.91 Å². The number of imide groups is 1. The third-order valence-electron chi connectivity index (χ3n) is 4.64. The molecule has 2 heterocycles. The van der Waals surface area contributed by atoms with Crippen LogP contribution in [0.15, 0.2) is 17.0 Å². The number of piperidine rings is 1. The van der Waals surface area contributed by atoms with Crippen molar-refractivity contribution in [2.24, 2.45) is 5.92 Å². The first kappa shape index (κ1) is 20.9. The Morgan fingerprint density at radius 1 is 1.26 bits per heavy atom. The molecule has 3 amide bonds. The first-order valence-electron chi connectivity index (χ1n) is 8.47. The zero-order valence-electron chi connectivity index (χ0n) is 14.6. The van der Waals surface area contributed by atoms with E-state index in [1.54, 1.807) is 23.1 Å². The first-order chi connectivity index (χ1) is 12.8. The van der Waals surface area contributed by atoms with Crippen LogP contribution in [0.25, 0.3) is 6.08 Å². The summed E-state index contributed by atoms with van der Waals surface area (Å²) >= 11 is 4.87. The Morgan fingerprint density at radius 2 is 1.85 bits per heavy atom. The lowest BCUT2D eigenvalue weighted by atomic mass is 9.99. The second-order valence-electron chi connectivity index (χ2n) is 6.66. The average molecular weight is 612 g/mol. The standard InChI is InChI=1S/C18H18I2N2O4S/c1-10-2-4-21(5-3-10)15(23)9-22-17(25)14(27-18(22)26)8-11-6-12(19)16(24)13(20)7-11/h6-8,10,24H,2-5,9H2,1H3/b14-8+. The summed E-state index contributed by atoms with van der Waals surface area (Å²) in [5.41, 5.74) is 0.725. The van der Waals surface area contributed by atoms with Crippen molar-refractivity contribution in [1.82, 2.24) is 9.80 Å². The molecule has 0 aromatic heterocycles.